The number of aryl methyl sites for hydroxylation is 3. The van der Waals surface area contributed by atoms with Gasteiger partial charge in [-0.3, -0.25) is 4.79 Å². The normalized spacial score (nSPS) is 10.9. The van der Waals surface area contributed by atoms with Gasteiger partial charge in [-0.25, -0.2) is 14.6 Å². The third-order valence-corrected chi connectivity index (χ3v) is 4.40. The fraction of sp³-hybridized carbons (Fsp3) is 0.158. The van der Waals surface area contributed by atoms with Crippen LogP contribution < -0.4 is 5.32 Å². The summed E-state index contributed by atoms with van der Waals surface area (Å²) in [4.78, 5) is 21.7. The number of tetrazole rings is 1. The smallest absolute Gasteiger partial charge is 0.255 e. The third-order valence-electron chi connectivity index (χ3n) is 4.40. The van der Waals surface area contributed by atoms with E-state index in [1.807, 2.05) is 45.0 Å². The molecule has 0 aliphatic rings. The first kappa shape index (κ1) is 16.8. The second-order valence-electron chi connectivity index (χ2n) is 6.31. The Balaban J connectivity index is 1.63. The van der Waals surface area contributed by atoms with Crippen molar-refractivity contribution in [1.82, 2.24) is 30.2 Å². The van der Waals surface area contributed by atoms with Crippen molar-refractivity contribution in [3.63, 3.8) is 0 Å². The second kappa shape index (κ2) is 6.56. The maximum atomic E-state index is 12.7. The van der Waals surface area contributed by atoms with Crippen LogP contribution >= 0.6 is 0 Å². The zero-order chi connectivity index (χ0) is 19.0. The van der Waals surface area contributed by atoms with Gasteiger partial charge in [0, 0.05) is 11.3 Å². The van der Waals surface area contributed by atoms with Crippen molar-refractivity contribution in [3.05, 3.63) is 65.2 Å². The van der Waals surface area contributed by atoms with Crippen LogP contribution in [-0.2, 0) is 0 Å². The molecule has 2 aromatic carbocycles. The van der Waals surface area contributed by atoms with Crippen LogP contribution in [-0.4, -0.2) is 36.1 Å². The number of nitrogens with zero attached hydrogens (tertiary/aromatic N) is 6. The van der Waals surface area contributed by atoms with Crippen LogP contribution in [0.2, 0.25) is 0 Å². The largest absolute Gasteiger partial charge is 0.322 e. The number of hydrogen-bond donors (Lipinski definition) is 1. The van der Waals surface area contributed by atoms with Crippen molar-refractivity contribution < 1.29 is 4.79 Å². The van der Waals surface area contributed by atoms with E-state index < -0.39 is 0 Å². The molecule has 0 radical (unpaired) electrons. The van der Waals surface area contributed by atoms with E-state index in [9.17, 15) is 4.79 Å². The number of fused-ring (bicyclic) bond motifs is 1. The van der Waals surface area contributed by atoms with Crippen molar-refractivity contribution in [3.8, 4) is 5.69 Å². The van der Waals surface area contributed by atoms with Crippen LogP contribution in [0.4, 0.5) is 5.69 Å². The number of rotatable bonds is 3. The first-order valence-corrected chi connectivity index (χ1v) is 8.41. The first-order valence-electron chi connectivity index (χ1n) is 8.41. The molecule has 0 fully saturated rings. The zero-order valence-electron chi connectivity index (χ0n) is 15.1. The van der Waals surface area contributed by atoms with E-state index in [0.717, 1.165) is 28.2 Å². The van der Waals surface area contributed by atoms with Crippen LogP contribution in [0.5, 0.6) is 0 Å². The van der Waals surface area contributed by atoms with E-state index in [4.69, 9.17) is 0 Å². The van der Waals surface area contributed by atoms with Gasteiger partial charge in [0.05, 0.1) is 28.1 Å². The van der Waals surface area contributed by atoms with Crippen LogP contribution in [0.3, 0.4) is 0 Å². The molecule has 4 rings (SSSR count). The minimum absolute atomic E-state index is 0.219. The van der Waals surface area contributed by atoms with Crippen molar-refractivity contribution in [2.45, 2.75) is 20.8 Å². The summed E-state index contributed by atoms with van der Waals surface area (Å²) in [5.41, 5.74) is 6.17. The Hall–Kier alpha value is -3.68. The van der Waals surface area contributed by atoms with Gasteiger partial charge in [0.25, 0.3) is 5.91 Å². The summed E-state index contributed by atoms with van der Waals surface area (Å²) in [7, 11) is 0. The zero-order valence-corrected chi connectivity index (χ0v) is 15.1. The van der Waals surface area contributed by atoms with Crippen molar-refractivity contribution in [2.24, 2.45) is 0 Å². The average molecular weight is 359 g/mol. The quantitative estimate of drug-likeness (QED) is 0.604. The molecule has 0 spiro atoms. The molecule has 8 nitrogen and oxygen atoms in total. The van der Waals surface area contributed by atoms with Crippen molar-refractivity contribution in [2.75, 3.05) is 5.32 Å². The van der Waals surface area contributed by atoms with Crippen LogP contribution in [0.1, 0.15) is 27.3 Å². The highest BCUT2D eigenvalue weighted by atomic mass is 16.1. The predicted octanol–water partition coefficient (Wildman–Crippen LogP) is 2.78. The fourth-order valence-electron chi connectivity index (χ4n) is 2.78. The monoisotopic (exact) mass is 359 g/mol. The van der Waals surface area contributed by atoms with E-state index in [-0.39, 0.29) is 5.91 Å². The molecule has 1 amide bonds. The molecule has 8 heteroatoms. The molecule has 2 heterocycles. The Labute approximate surface area is 155 Å². The highest BCUT2D eigenvalue weighted by molar-refractivity contribution is 6.06. The molecule has 4 aromatic rings. The van der Waals surface area contributed by atoms with Crippen LogP contribution in [0.15, 0.2) is 42.7 Å². The molecule has 1 N–H and O–H groups in total. The lowest BCUT2D eigenvalue weighted by Crippen LogP contribution is -2.12. The van der Waals surface area contributed by atoms with E-state index in [2.05, 4.69) is 30.8 Å². The van der Waals surface area contributed by atoms with E-state index >= 15 is 0 Å². The molecule has 134 valence electrons. The Morgan fingerprint density at radius 2 is 1.74 bits per heavy atom. The summed E-state index contributed by atoms with van der Waals surface area (Å²) in [6.07, 6.45) is 1.51. The lowest BCUT2D eigenvalue weighted by molar-refractivity contribution is 0.102. The highest BCUT2D eigenvalue weighted by Gasteiger charge is 2.11. The molecule has 2 aromatic heterocycles. The second-order valence-corrected chi connectivity index (χ2v) is 6.31. The number of aromatic nitrogens is 6. The van der Waals surface area contributed by atoms with E-state index in [1.165, 1.54) is 6.33 Å². The predicted molar refractivity (Wildman–Crippen MR) is 101 cm³/mol. The van der Waals surface area contributed by atoms with Gasteiger partial charge in [-0.15, -0.1) is 5.10 Å². The summed E-state index contributed by atoms with van der Waals surface area (Å²) < 4.78 is 1.56. The molecule has 0 aliphatic carbocycles. The minimum atomic E-state index is -0.219. The number of hydrogen-bond acceptors (Lipinski definition) is 6. The van der Waals surface area contributed by atoms with Gasteiger partial charge in [0.1, 0.15) is 6.33 Å². The molecule has 0 bridgehead atoms. The Morgan fingerprint density at radius 1 is 0.963 bits per heavy atom. The van der Waals surface area contributed by atoms with Crippen LogP contribution in [0, 0.1) is 20.8 Å². The molecular weight excluding hydrogens is 342 g/mol. The van der Waals surface area contributed by atoms with E-state index in [1.54, 1.807) is 16.8 Å². The first-order chi connectivity index (χ1) is 13.0. The number of anilines is 1. The van der Waals surface area contributed by atoms with Gasteiger partial charge in [0.15, 0.2) is 0 Å². The van der Waals surface area contributed by atoms with Gasteiger partial charge >= 0.3 is 0 Å². The fourth-order valence-corrected chi connectivity index (χ4v) is 2.78. The molecule has 27 heavy (non-hydrogen) atoms. The number of benzene rings is 2. The van der Waals surface area contributed by atoms with Gasteiger partial charge < -0.3 is 5.32 Å². The standard InChI is InChI=1S/C19H17N7O/c1-11-4-6-15(9-18(11)26-10-20-24-25-26)23-19(27)14-5-7-16-17(8-14)22-13(3)12(2)21-16/h4-10H,1-3H3,(H,23,27). The summed E-state index contributed by atoms with van der Waals surface area (Å²) in [6, 6.07) is 10.9. The Kier molecular flexibility index (Phi) is 4.08. The molecule has 0 unspecified atom stereocenters. The summed E-state index contributed by atoms with van der Waals surface area (Å²) in [5.74, 6) is -0.219. The maximum absolute atomic E-state index is 12.7. The van der Waals surface area contributed by atoms with Gasteiger partial charge in [0.2, 0.25) is 0 Å². The SMILES string of the molecule is Cc1ccc(NC(=O)c2ccc3nc(C)c(C)nc3c2)cc1-n1cnnn1. The Morgan fingerprint density at radius 3 is 2.48 bits per heavy atom. The lowest BCUT2D eigenvalue weighted by atomic mass is 10.1. The van der Waals surface area contributed by atoms with E-state index in [0.29, 0.717) is 16.8 Å². The number of amides is 1. The minimum Gasteiger partial charge on any atom is -0.322 e. The maximum Gasteiger partial charge on any atom is 0.255 e. The molecule has 0 saturated heterocycles. The molecular formula is C19H17N7O. The van der Waals surface area contributed by atoms with Crippen molar-refractivity contribution in [1.29, 1.82) is 0 Å². The summed E-state index contributed by atoms with van der Waals surface area (Å²) in [5, 5.41) is 14.1. The van der Waals surface area contributed by atoms with Gasteiger partial charge in [-0.05, 0) is 67.1 Å². The highest BCUT2D eigenvalue weighted by Crippen LogP contribution is 2.20. The lowest BCUT2D eigenvalue weighted by Gasteiger charge is -2.10. The number of carbonyl (C=O) groups is 1. The number of carbonyl (C=O) groups excluding carboxylic acids is 1. The molecule has 0 saturated carbocycles. The van der Waals surface area contributed by atoms with Gasteiger partial charge in [-0.1, -0.05) is 6.07 Å². The average Bonchev–Trinajstić information content (AvgIpc) is 3.18. The topological polar surface area (TPSA) is 98.5 Å². The Bertz CT molecular complexity index is 1150. The molecule has 0 atom stereocenters. The molecule has 0 aliphatic heterocycles. The number of nitrogens with one attached hydrogen (secondary N) is 1. The van der Waals surface area contributed by atoms with Crippen molar-refractivity contribution >= 4 is 22.6 Å². The van der Waals surface area contributed by atoms with Gasteiger partial charge in [-0.2, -0.15) is 0 Å². The van der Waals surface area contributed by atoms with Crippen LogP contribution in [0.25, 0.3) is 16.7 Å². The summed E-state index contributed by atoms with van der Waals surface area (Å²) in [6.45, 7) is 5.78. The summed E-state index contributed by atoms with van der Waals surface area (Å²) >= 11 is 0. The third kappa shape index (κ3) is 3.24.